The predicted octanol–water partition coefficient (Wildman–Crippen LogP) is -0.647. The summed E-state index contributed by atoms with van der Waals surface area (Å²) in [5, 5.41) is 9.82. The summed E-state index contributed by atoms with van der Waals surface area (Å²) in [6.45, 7) is -0.0886. The molecule has 0 bridgehead atoms. The Morgan fingerprint density at radius 2 is 2.60 bits per heavy atom. The van der Waals surface area contributed by atoms with Crippen molar-refractivity contribution in [1.82, 2.24) is 10.4 Å². The molecule has 0 unspecified atom stereocenters. The van der Waals surface area contributed by atoms with Gasteiger partial charge in [0.05, 0.1) is 12.3 Å². The highest BCUT2D eigenvalue weighted by atomic mass is 16.3. The monoisotopic (exact) mass is 140 g/mol. The number of nitrogens with zero attached hydrogens (tertiary/aromatic N) is 1. The number of hydrogen-bond donors (Lipinski definition) is 2. The molecule has 0 aromatic rings. The molecule has 0 fully saturated rings. The van der Waals surface area contributed by atoms with Crippen molar-refractivity contribution in [2.75, 3.05) is 6.61 Å². The molecule has 54 valence electrons. The number of carbonyl (C=O) groups excluding carboxylic acids is 1. The first-order valence-corrected chi connectivity index (χ1v) is 2.85. The van der Waals surface area contributed by atoms with Crippen LogP contribution in [-0.2, 0) is 4.79 Å². The maximum Gasteiger partial charge on any atom is 0.232 e. The van der Waals surface area contributed by atoms with Crippen LogP contribution in [0.25, 0.3) is 0 Å². The van der Waals surface area contributed by atoms with Gasteiger partial charge >= 0.3 is 0 Å². The molecule has 0 aromatic carbocycles. The van der Waals surface area contributed by atoms with E-state index in [4.69, 9.17) is 5.11 Å². The van der Waals surface area contributed by atoms with Crippen LogP contribution in [0.5, 0.6) is 0 Å². The molecule has 1 aliphatic rings. The Bertz CT molecular complexity index is 186. The fraction of sp³-hybridized carbons (Fsp3) is 0.167. The Balaban J connectivity index is 2.58. The van der Waals surface area contributed by atoms with Crippen LogP contribution in [0.1, 0.15) is 0 Å². The van der Waals surface area contributed by atoms with E-state index in [0.29, 0.717) is 12.1 Å². The summed E-state index contributed by atoms with van der Waals surface area (Å²) in [7, 11) is 0. The Hall–Kier alpha value is -1.29. The SMILES string of the molecule is O=CN1C=CC=C(CO)N1. The van der Waals surface area contributed by atoms with Gasteiger partial charge < -0.3 is 5.11 Å². The van der Waals surface area contributed by atoms with Gasteiger partial charge in [0.15, 0.2) is 0 Å². The molecule has 0 spiro atoms. The first-order chi connectivity index (χ1) is 4.86. The van der Waals surface area contributed by atoms with E-state index in [1.54, 1.807) is 18.4 Å². The number of hydrogen-bond acceptors (Lipinski definition) is 3. The number of aliphatic hydroxyl groups is 1. The fourth-order valence-electron chi connectivity index (χ4n) is 0.642. The molecule has 1 rings (SSSR count). The van der Waals surface area contributed by atoms with Crippen LogP contribution in [0.4, 0.5) is 0 Å². The van der Waals surface area contributed by atoms with Crippen molar-refractivity contribution < 1.29 is 9.90 Å². The van der Waals surface area contributed by atoms with E-state index < -0.39 is 0 Å². The molecular formula is C6H8N2O2. The summed E-state index contributed by atoms with van der Waals surface area (Å²) in [4.78, 5) is 10.1. The normalized spacial score (nSPS) is 16.1. The largest absolute Gasteiger partial charge is 0.390 e. The molecule has 1 amide bonds. The quantitative estimate of drug-likeness (QED) is 0.501. The van der Waals surface area contributed by atoms with Gasteiger partial charge in [-0.05, 0) is 12.2 Å². The van der Waals surface area contributed by atoms with E-state index in [0.717, 1.165) is 0 Å². The van der Waals surface area contributed by atoms with E-state index >= 15 is 0 Å². The molecule has 2 N–H and O–H groups in total. The van der Waals surface area contributed by atoms with Crippen LogP contribution in [0.2, 0.25) is 0 Å². The van der Waals surface area contributed by atoms with Crippen LogP contribution >= 0.6 is 0 Å². The summed E-state index contributed by atoms with van der Waals surface area (Å²) >= 11 is 0. The van der Waals surface area contributed by atoms with E-state index in [9.17, 15) is 4.79 Å². The highest BCUT2D eigenvalue weighted by Gasteiger charge is 2.01. The van der Waals surface area contributed by atoms with E-state index in [2.05, 4.69) is 5.43 Å². The molecule has 0 aromatic heterocycles. The molecule has 0 radical (unpaired) electrons. The van der Waals surface area contributed by atoms with E-state index in [1.165, 1.54) is 5.01 Å². The Kier molecular flexibility index (Phi) is 2.07. The molecule has 1 heterocycles. The van der Waals surface area contributed by atoms with Crippen molar-refractivity contribution in [3.8, 4) is 0 Å². The molecule has 1 aliphatic heterocycles. The van der Waals surface area contributed by atoms with Crippen molar-refractivity contribution >= 4 is 6.41 Å². The topological polar surface area (TPSA) is 52.6 Å². The number of hydrazine groups is 1. The van der Waals surface area contributed by atoms with Crippen molar-refractivity contribution in [1.29, 1.82) is 0 Å². The number of rotatable bonds is 2. The number of carbonyl (C=O) groups is 1. The lowest BCUT2D eigenvalue weighted by Gasteiger charge is -2.18. The lowest BCUT2D eigenvalue weighted by molar-refractivity contribution is -0.117. The number of amides is 1. The van der Waals surface area contributed by atoms with Gasteiger partial charge in [-0.15, -0.1) is 0 Å². The number of nitrogens with one attached hydrogen (secondary N) is 1. The minimum Gasteiger partial charge on any atom is -0.390 e. The second-order valence-electron chi connectivity index (χ2n) is 1.82. The van der Waals surface area contributed by atoms with Crippen molar-refractivity contribution in [3.05, 3.63) is 24.0 Å². The third-order valence-corrected chi connectivity index (χ3v) is 1.10. The van der Waals surface area contributed by atoms with Gasteiger partial charge in [0.2, 0.25) is 6.41 Å². The molecule has 0 aliphatic carbocycles. The molecule has 4 heteroatoms. The lowest BCUT2D eigenvalue weighted by Crippen LogP contribution is -2.34. The molecule has 10 heavy (non-hydrogen) atoms. The Morgan fingerprint density at radius 3 is 3.20 bits per heavy atom. The second kappa shape index (κ2) is 3.03. The molecular weight excluding hydrogens is 132 g/mol. The summed E-state index contributed by atoms with van der Waals surface area (Å²) in [6.07, 6.45) is 5.56. The van der Waals surface area contributed by atoms with Gasteiger partial charge in [-0.25, -0.2) is 5.01 Å². The van der Waals surface area contributed by atoms with Crippen molar-refractivity contribution in [3.63, 3.8) is 0 Å². The van der Waals surface area contributed by atoms with Crippen LogP contribution < -0.4 is 5.43 Å². The first-order valence-electron chi connectivity index (χ1n) is 2.85. The summed E-state index contributed by atoms with van der Waals surface area (Å²) in [5.41, 5.74) is 3.25. The van der Waals surface area contributed by atoms with Gasteiger partial charge in [0.25, 0.3) is 0 Å². The summed E-state index contributed by atoms with van der Waals surface area (Å²) < 4.78 is 0. The van der Waals surface area contributed by atoms with Gasteiger partial charge in [0.1, 0.15) is 0 Å². The average molecular weight is 140 g/mol. The van der Waals surface area contributed by atoms with Gasteiger partial charge in [-0.3, -0.25) is 10.2 Å². The first kappa shape index (κ1) is 6.82. The fourth-order valence-corrected chi connectivity index (χ4v) is 0.642. The van der Waals surface area contributed by atoms with Gasteiger partial charge in [-0.2, -0.15) is 0 Å². The van der Waals surface area contributed by atoms with Crippen LogP contribution in [0, 0.1) is 0 Å². The minimum atomic E-state index is -0.0886. The highest BCUT2D eigenvalue weighted by molar-refractivity contribution is 5.49. The highest BCUT2D eigenvalue weighted by Crippen LogP contribution is 1.96. The smallest absolute Gasteiger partial charge is 0.232 e. The average Bonchev–Trinajstić information content (AvgIpc) is 2.05. The molecule has 0 atom stereocenters. The van der Waals surface area contributed by atoms with Crippen LogP contribution in [0.15, 0.2) is 24.0 Å². The van der Waals surface area contributed by atoms with E-state index in [1.807, 2.05) is 0 Å². The maximum atomic E-state index is 10.1. The Morgan fingerprint density at radius 1 is 1.80 bits per heavy atom. The van der Waals surface area contributed by atoms with Gasteiger partial charge in [-0.1, -0.05) is 0 Å². The predicted molar refractivity (Wildman–Crippen MR) is 35.3 cm³/mol. The molecule has 4 nitrogen and oxygen atoms in total. The molecule has 0 saturated heterocycles. The summed E-state index contributed by atoms with van der Waals surface area (Å²) in [6, 6.07) is 0. The van der Waals surface area contributed by atoms with Gasteiger partial charge in [0, 0.05) is 6.20 Å². The standard InChI is InChI=1S/C6H8N2O2/c9-4-6-2-1-3-8(5-10)7-6/h1-3,5,7,9H,4H2. The number of aliphatic hydroxyl groups excluding tert-OH is 1. The van der Waals surface area contributed by atoms with Crippen molar-refractivity contribution in [2.45, 2.75) is 0 Å². The minimum absolute atomic E-state index is 0.0886. The van der Waals surface area contributed by atoms with Crippen molar-refractivity contribution in [2.24, 2.45) is 0 Å². The number of allylic oxidation sites excluding steroid dienone is 2. The Labute approximate surface area is 58.4 Å². The van der Waals surface area contributed by atoms with Crippen LogP contribution in [0.3, 0.4) is 0 Å². The zero-order chi connectivity index (χ0) is 7.40. The third-order valence-electron chi connectivity index (χ3n) is 1.10. The van der Waals surface area contributed by atoms with Crippen LogP contribution in [-0.4, -0.2) is 23.1 Å². The zero-order valence-corrected chi connectivity index (χ0v) is 5.32. The third kappa shape index (κ3) is 1.35. The second-order valence-corrected chi connectivity index (χ2v) is 1.82. The lowest BCUT2D eigenvalue weighted by atomic mass is 10.4. The maximum absolute atomic E-state index is 10.1. The zero-order valence-electron chi connectivity index (χ0n) is 5.32. The summed E-state index contributed by atoms with van der Waals surface area (Å²) in [5.74, 6) is 0. The van der Waals surface area contributed by atoms with E-state index in [-0.39, 0.29) is 6.61 Å². The molecule has 0 saturated carbocycles.